The zero-order valence-electron chi connectivity index (χ0n) is 19.8. The predicted octanol–water partition coefficient (Wildman–Crippen LogP) is 4.80. The highest BCUT2D eigenvalue weighted by molar-refractivity contribution is 6.06. The maximum absolute atomic E-state index is 13.5. The summed E-state index contributed by atoms with van der Waals surface area (Å²) in [6.45, 7) is 6.36. The third-order valence-electron chi connectivity index (χ3n) is 6.07. The molecule has 8 heteroatoms. The Balaban J connectivity index is 1.41. The number of benzene rings is 3. The van der Waals surface area contributed by atoms with Gasteiger partial charge in [-0.05, 0) is 66.1 Å². The molecule has 4 aromatic rings. The molecule has 0 spiro atoms. The number of anilines is 2. The maximum atomic E-state index is 13.5. The summed E-state index contributed by atoms with van der Waals surface area (Å²) in [5.41, 5.74) is 6.18. The van der Waals surface area contributed by atoms with E-state index in [0.717, 1.165) is 28.1 Å². The number of hydrogen-bond acceptors (Lipinski definition) is 6. The lowest BCUT2D eigenvalue weighted by Gasteiger charge is -2.28. The van der Waals surface area contributed by atoms with Gasteiger partial charge in [0.1, 0.15) is 18.4 Å². The van der Waals surface area contributed by atoms with Gasteiger partial charge in [-0.15, -0.1) is 0 Å². The summed E-state index contributed by atoms with van der Waals surface area (Å²) in [5, 5.41) is 18.2. The fourth-order valence-corrected chi connectivity index (χ4v) is 4.11. The molecule has 176 valence electrons. The maximum Gasteiger partial charge on any atom is 0.255 e. The molecule has 1 unspecified atom stereocenters. The minimum absolute atomic E-state index is 0.213. The molecule has 2 heterocycles. The van der Waals surface area contributed by atoms with Crippen molar-refractivity contribution in [1.29, 1.82) is 0 Å². The highest BCUT2D eigenvalue weighted by Gasteiger charge is 2.34. The van der Waals surface area contributed by atoms with Gasteiger partial charge < -0.3 is 15.4 Å². The van der Waals surface area contributed by atoms with E-state index in [1.54, 1.807) is 4.68 Å². The van der Waals surface area contributed by atoms with E-state index in [4.69, 9.17) is 4.74 Å². The Bertz CT molecular complexity index is 1390. The molecule has 2 N–H and O–H groups in total. The minimum atomic E-state index is -0.489. The van der Waals surface area contributed by atoms with Crippen molar-refractivity contribution in [3.05, 3.63) is 106 Å². The van der Waals surface area contributed by atoms with Crippen molar-refractivity contribution in [2.24, 2.45) is 0 Å². The molecule has 1 amide bonds. The molecule has 1 atom stereocenters. The predicted molar refractivity (Wildman–Crippen MR) is 134 cm³/mol. The van der Waals surface area contributed by atoms with Crippen LogP contribution in [0.15, 0.2) is 84.1 Å². The van der Waals surface area contributed by atoms with Crippen molar-refractivity contribution in [3.8, 4) is 5.75 Å². The van der Waals surface area contributed by atoms with Gasteiger partial charge in [0.15, 0.2) is 0 Å². The molecular weight excluding hydrogens is 440 g/mol. The van der Waals surface area contributed by atoms with E-state index in [0.29, 0.717) is 23.8 Å². The van der Waals surface area contributed by atoms with Crippen LogP contribution in [0.5, 0.6) is 5.75 Å². The smallest absolute Gasteiger partial charge is 0.255 e. The van der Waals surface area contributed by atoms with Crippen molar-refractivity contribution < 1.29 is 9.53 Å². The summed E-state index contributed by atoms with van der Waals surface area (Å²) in [6.07, 6.45) is 0. The number of allylic oxidation sites excluding steroid dienone is 1. The van der Waals surface area contributed by atoms with Crippen molar-refractivity contribution in [3.63, 3.8) is 0 Å². The number of aryl methyl sites for hydroxylation is 2. The molecule has 0 aliphatic carbocycles. The Kier molecular flexibility index (Phi) is 6.01. The number of ether oxygens (including phenoxy) is 1. The molecule has 8 nitrogen and oxygen atoms in total. The fourth-order valence-electron chi connectivity index (χ4n) is 4.11. The number of tetrazole rings is 1. The van der Waals surface area contributed by atoms with Crippen LogP contribution in [0.25, 0.3) is 0 Å². The SMILES string of the molecule is CC1=C(C(=O)Nc2ccccc2C)C(c2ccc(OCc3ccc(C)cc3)cc2)n2nnnc2N1. The molecule has 1 aliphatic rings. The number of carbonyl (C=O) groups is 1. The molecule has 0 saturated heterocycles. The van der Waals surface area contributed by atoms with Crippen LogP contribution in [-0.4, -0.2) is 26.1 Å². The summed E-state index contributed by atoms with van der Waals surface area (Å²) >= 11 is 0. The topological polar surface area (TPSA) is 94.0 Å². The lowest BCUT2D eigenvalue weighted by atomic mass is 9.95. The number of carbonyl (C=O) groups excluding carboxylic acids is 1. The highest BCUT2D eigenvalue weighted by atomic mass is 16.5. The monoisotopic (exact) mass is 466 g/mol. The quantitative estimate of drug-likeness (QED) is 0.424. The van der Waals surface area contributed by atoms with Crippen LogP contribution >= 0.6 is 0 Å². The second-order valence-corrected chi connectivity index (χ2v) is 8.63. The van der Waals surface area contributed by atoms with Gasteiger partial charge in [-0.3, -0.25) is 4.79 Å². The highest BCUT2D eigenvalue weighted by Crippen LogP contribution is 2.35. The summed E-state index contributed by atoms with van der Waals surface area (Å²) in [7, 11) is 0. The van der Waals surface area contributed by atoms with E-state index in [2.05, 4.69) is 57.3 Å². The van der Waals surface area contributed by atoms with Gasteiger partial charge in [-0.1, -0.05) is 65.3 Å². The summed E-state index contributed by atoms with van der Waals surface area (Å²) in [5.74, 6) is 1.02. The van der Waals surface area contributed by atoms with Gasteiger partial charge >= 0.3 is 0 Å². The molecule has 5 rings (SSSR count). The summed E-state index contributed by atoms with van der Waals surface area (Å²) in [6, 6.07) is 23.2. The Labute approximate surface area is 203 Å². The lowest BCUT2D eigenvalue weighted by Crippen LogP contribution is -2.31. The van der Waals surface area contributed by atoms with E-state index >= 15 is 0 Å². The molecule has 3 aromatic carbocycles. The summed E-state index contributed by atoms with van der Waals surface area (Å²) in [4.78, 5) is 13.5. The number of amides is 1. The number of nitrogens with one attached hydrogen (secondary N) is 2. The molecule has 0 fully saturated rings. The molecule has 0 radical (unpaired) electrons. The van der Waals surface area contributed by atoms with E-state index in [9.17, 15) is 4.79 Å². The van der Waals surface area contributed by atoms with Gasteiger partial charge in [0, 0.05) is 11.4 Å². The van der Waals surface area contributed by atoms with Gasteiger partial charge in [-0.25, -0.2) is 0 Å². The number of fused-ring (bicyclic) bond motifs is 1. The average molecular weight is 467 g/mol. The number of hydrogen-bond donors (Lipinski definition) is 2. The van der Waals surface area contributed by atoms with E-state index < -0.39 is 6.04 Å². The van der Waals surface area contributed by atoms with Crippen molar-refractivity contribution in [2.75, 3.05) is 10.6 Å². The normalized spacial score (nSPS) is 14.8. The van der Waals surface area contributed by atoms with Crippen molar-refractivity contribution in [2.45, 2.75) is 33.4 Å². The van der Waals surface area contributed by atoms with Crippen LogP contribution < -0.4 is 15.4 Å². The van der Waals surface area contributed by atoms with Gasteiger partial charge in [0.2, 0.25) is 5.95 Å². The molecule has 1 aliphatic heterocycles. The van der Waals surface area contributed by atoms with Crippen LogP contribution in [0.4, 0.5) is 11.6 Å². The van der Waals surface area contributed by atoms with Gasteiger partial charge in [-0.2, -0.15) is 4.68 Å². The molecule has 35 heavy (non-hydrogen) atoms. The first kappa shape index (κ1) is 22.3. The standard InChI is InChI=1S/C27H26N6O2/c1-17-8-10-20(11-9-17)16-35-22-14-12-21(13-15-22)25-24(19(3)28-27-30-31-32-33(25)27)26(34)29-23-7-5-4-6-18(23)2/h4-15,25H,16H2,1-3H3,(H,29,34)(H,28,30,32). The van der Waals surface area contributed by atoms with Crippen LogP contribution in [-0.2, 0) is 11.4 Å². The Morgan fingerprint density at radius 1 is 1.00 bits per heavy atom. The zero-order valence-corrected chi connectivity index (χ0v) is 19.8. The van der Waals surface area contributed by atoms with Gasteiger partial charge in [0.25, 0.3) is 5.91 Å². The summed E-state index contributed by atoms with van der Waals surface area (Å²) < 4.78 is 7.59. The lowest BCUT2D eigenvalue weighted by molar-refractivity contribution is -0.113. The zero-order chi connectivity index (χ0) is 24.4. The van der Waals surface area contributed by atoms with Crippen LogP contribution in [0.2, 0.25) is 0 Å². The number of para-hydroxylation sites is 1. The largest absolute Gasteiger partial charge is 0.489 e. The minimum Gasteiger partial charge on any atom is -0.489 e. The van der Waals surface area contributed by atoms with Crippen molar-refractivity contribution in [1.82, 2.24) is 20.2 Å². The Hall–Kier alpha value is -4.46. The van der Waals surface area contributed by atoms with Crippen LogP contribution in [0.1, 0.15) is 35.2 Å². The second kappa shape index (κ2) is 9.42. The average Bonchev–Trinajstić information content (AvgIpc) is 3.32. The third kappa shape index (κ3) is 4.63. The molecular formula is C27H26N6O2. The van der Waals surface area contributed by atoms with Crippen LogP contribution in [0.3, 0.4) is 0 Å². The molecule has 0 saturated carbocycles. The van der Waals surface area contributed by atoms with E-state index in [1.165, 1.54) is 5.56 Å². The number of nitrogens with zero attached hydrogens (tertiary/aromatic N) is 4. The van der Waals surface area contributed by atoms with Gasteiger partial charge in [0.05, 0.1) is 5.57 Å². The molecule has 0 bridgehead atoms. The van der Waals surface area contributed by atoms with Crippen molar-refractivity contribution >= 4 is 17.5 Å². The first-order valence-electron chi connectivity index (χ1n) is 11.4. The number of aromatic nitrogens is 4. The molecule has 1 aromatic heterocycles. The number of rotatable bonds is 6. The van der Waals surface area contributed by atoms with E-state index in [-0.39, 0.29) is 5.91 Å². The third-order valence-corrected chi connectivity index (χ3v) is 6.07. The Morgan fingerprint density at radius 3 is 2.49 bits per heavy atom. The second-order valence-electron chi connectivity index (χ2n) is 8.63. The van der Waals surface area contributed by atoms with E-state index in [1.807, 2.05) is 62.4 Å². The first-order valence-corrected chi connectivity index (χ1v) is 11.4. The Morgan fingerprint density at radius 2 is 1.74 bits per heavy atom. The first-order chi connectivity index (χ1) is 17.0. The fraction of sp³-hybridized carbons (Fsp3) is 0.185. The van der Waals surface area contributed by atoms with Crippen LogP contribution in [0, 0.1) is 13.8 Å².